The first-order valence-corrected chi connectivity index (χ1v) is 10.7. The van der Waals surface area contributed by atoms with E-state index in [9.17, 15) is 14.4 Å². The third-order valence-corrected chi connectivity index (χ3v) is 5.65. The Balaban J connectivity index is 1.66. The second-order valence-corrected chi connectivity index (χ2v) is 7.97. The summed E-state index contributed by atoms with van der Waals surface area (Å²) in [5.41, 5.74) is -0.154. The van der Waals surface area contributed by atoms with Crippen LogP contribution in [0.1, 0.15) is 15.9 Å². The minimum atomic E-state index is -0.720. The van der Waals surface area contributed by atoms with Gasteiger partial charge in [-0.3, -0.25) is 9.59 Å². The molecule has 34 heavy (non-hydrogen) atoms. The van der Waals surface area contributed by atoms with Crippen molar-refractivity contribution in [2.75, 3.05) is 14.2 Å². The van der Waals surface area contributed by atoms with Crippen molar-refractivity contribution in [1.82, 2.24) is 19.9 Å². The first-order valence-electron chi connectivity index (χ1n) is 9.93. The quantitative estimate of drug-likeness (QED) is 0.419. The summed E-state index contributed by atoms with van der Waals surface area (Å²) in [6, 6.07) is 12.4. The molecule has 0 aliphatic rings. The third kappa shape index (κ3) is 4.48. The zero-order valence-corrected chi connectivity index (χ0v) is 19.5. The van der Waals surface area contributed by atoms with Crippen LogP contribution in [0.15, 0.2) is 58.1 Å². The molecule has 4 rings (SSSR count). The van der Waals surface area contributed by atoms with Crippen molar-refractivity contribution in [1.29, 1.82) is 0 Å². The van der Waals surface area contributed by atoms with Crippen LogP contribution in [0.5, 0.6) is 11.6 Å². The number of hydrogen-bond acceptors (Lipinski definition) is 6. The maximum Gasteiger partial charge on any atom is 0.334 e. The highest BCUT2D eigenvalue weighted by molar-refractivity contribution is 6.35. The molecule has 1 amide bonds. The number of nitrogens with zero attached hydrogens (tertiary/aromatic N) is 2. The smallest absolute Gasteiger partial charge is 0.334 e. The lowest BCUT2D eigenvalue weighted by molar-refractivity contribution is 0.0951. The minimum Gasteiger partial charge on any atom is -0.491 e. The summed E-state index contributed by atoms with van der Waals surface area (Å²) >= 11 is 12.0. The number of halogens is 2. The maximum atomic E-state index is 13.1. The van der Waals surface area contributed by atoms with Crippen molar-refractivity contribution < 1.29 is 14.3 Å². The zero-order chi connectivity index (χ0) is 24.4. The number of fused-ring (bicyclic) bond motifs is 1. The zero-order valence-electron chi connectivity index (χ0n) is 18.0. The van der Waals surface area contributed by atoms with Gasteiger partial charge in [-0.2, -0.15) is 4.98 Å². The first-order chi connectivity index (χ1) is 16.3. The SMILES string of the molecule is COc1ccc(-n2c(=O)[nH]c3cc(C(=O)NCc4ccc(Cl)cc4Cl)ccc3c2=O)nc1OC. The number of benzene rings is 2. The molecular formula is C23H18Cl2N4O5. The van der Waals surface area contributed by atoms with Crippen molar-refractivity contribution in [3.8, 4) is 17.4 Å². The van der Waals surface area contributed by atoms with Crippen LogP contribution >= 0.6 is 23.2 Å². The third-order valence-electron chi connectivity index (χ3n) is 5.07. The maximum absolute atomic E-state index is 13.1. The Morgan fingerprint density at radius 1 is 1.06 bits per heavy atom. The van der Waals surface area contributed by atoms with E-state index in [1.807, 2.05) is 0 Å². The normalized spacial score (nSPS) is 10.8. The molecule has 0 spiro atoms. The minimum absolute atomic E-state index is 0.0625. The van der Waals surface area contributed by atoms with Gasteiger partial charge in [0.25, 0.3) is 17.3 Å². The van der Waals surface area contributed by atoms with Crippen LogP contribution in [0.25, 0.3) is 16.7 Å². The fourth-order valence-electron chi connectivity index (χ4n) is 3.35. The lowest BCUT2D eigenvalue weighted by atomic mass is 10.1. The van der Waals surface area contributed by atoms with Crippen molar-refractivity contribution in [2.24, 2.45) is 0 Å². The number of methoxy groups -OCH3 is 2. The monoisotopic (exact) mass is 500 g/mol. The fraction of sp³-hybridized carbons (Fsp3) is 0.130. The van der Waals surface area contributed by atoms with Gasteiger partial charge in [-0.15, -0.1) is 0 Å². The second kappa shape index (κ2) is 9.58. The van der Waals surface area contributed by atoms with E-state index in [1.54, 1.807) is 18.2 Å². The van der Waals surface area contributed by atoms with E-state index in [1.165, 1.54) is 44.6 Å². The van der Waals surface area contributed by atoms with E-state index in [2.05, 4.69) is 15.3 Å². The Hall–Kier alpha value is -3.82. The van der Waals surface area contributed by atoms with Crippen molar-refractivity contribution in [3.05, 3.63) is 90.5 Å². The Kier molecular flexibility index (Phi) is 6.58. The van der Waals surface area contributed by atoms with Gasteiger partial charge in [0.2, 0.25) is 0 Å². The summed E-state index contributed by atoms with van der Waals surface area (Å²) in [4.78, 5) is 45.3. The van der Waals surface area contributed by atoms with Crippen LogP contribution in [-0.4, -0.2) is 34.7 Å². The molecule has 9 nitrogen and oxygen atoms in total. The van der Waals surface area contributed by atoms with Crippen LogP contribution in [0.4, 0.5) is 0 Å². The fourth-order valence-corrected chi connectivity index (χ4v) is 3.83. The Bertz CT molecular complexity index is 1530. The van der Waals surface area contributed by atoms with Gasteiger partial charge >= 0.3 is 5.69 Å². The molecule has 11 heteroatoms. The second-order valence-electron chi connectivity index (χ2n) is 7.13. The molecule has 174 valence electrons. The van der Waals surface area contributed by atoms with Gasteiger partial charge in [-0.1, -0.05) is 29.3 Å². The van der Waals surface area contributed by atoms with Crippen molar-refractivity contribution >= 4 is 40.0 Å². The van der Waals surface area contributed by atoms with Crippen LogP contribution in [0, 0.1) is 0 Å². The number of aromatic amines is 1. The summed E-state index contributed by atoms with van der Waals surface area (Å²) in [6.45, 7) is 0.177. The molecule has 0 unspecified atom stereocenters. The van der Waals surface area contributed by atoms with Gasteiger partial charge in [0, 0.05) is 22.2 Å². The highest BCUT2D eigenvalue weighted by Crippen LogP contribution is 2.25. The van der Waals surface area contributed by atoms with E-state index in [0.29, 0.717) is 21.4 Å². The van der Waals surface area contributed by atoms with Crippen LogP contribution in [0.2, 0.25) is 10.0 Å². The lowest BCUT2D eigenvalue weighted by Gasteiger charge is -2.11. The molecule has 0 fully saturated rings. The summed E-state index contributed by atoms with van der Waals surface area (Å²) in [5, 5.41) is 3.88. The van der Waals surface area contributed by atoms with E-state index < -0.39 is 17.2 Å². The van der Waals surface area contributed by atoms with E-state index in [4.69, 9.17) is 32.7 Å². The lowest BCUT2D eigenvalue weighted by Crippen LogP contribution is -2.34. The molecular weight excluding hydrogens is 483 g/mol. The van der Waals surface area contributed by atoms with Gasteiger partial charge in [0.05, 0.1) is 25.1 Å². The number of H-pyrrole nitrogens is 1. The number of aromatic nitrogens is 3. The Labute approximate surface area is 202 Å². The van der Waals surface area contributed by atoms with Crippen LogP contribution in [0.3, 0.4) is 0 Å². The molecule has 0 aliphatic carbocycles. The van der Waals surface area contributed by atoms with Gasteiger partial charge in [-0.25, -0.2) is 9.36 Å². The number of carbonyl (C=O) groups is 1. The molecule has 2 heterocycles. The summed E-state index contributed by atoms with van der Waals surface area (Å²) in [6.07, 6.45) is 0. The summed E-state index contributed by atoms with van der Waals surface area (Å²) in [5.74, 6) is 0.137. The molecule has 0 aliphatic heterocycles. The van der Waals surface area contributed by atoms with Gasteiger partial charge in [0.15, 0.2) is 5.75 Å². The Morgan fingerprint density at radius 3 is 2.56 bits per heavy atom. The number of pyridine rings is 1. The summed E-state index contributed by atoms with van der Waals surface area (Å²) < 4.78 is 11.2. The molecule has 4 aromatic rings. The number of carbonyl (C=O) groups excluding carboxylic acids is 1. The van der Waals surface area contributed by atoms with E-state index in [0.717, 1.165) is 4.57 Å². The highest BCUT2D eigenvalue weighted by Gasteiger charge is 2.15. The molecule has 2 N–H and O–H groups in total. The highest BCUT2D eigenvalue weighted by atomic mass is 35.5. The van der Waals surface area contributed by atoms with Crippen LogP contribution in [-0.2, 0) is 6.54 Å². The molecule has 0 radical (unpaired) electrons. The van der Waals surface area contributed by atoms with Gasteiger partial charge in [-0.05, 0) is 48.0 Å². The molecule has 0 saturated carbocycles. The van der Waals surface area contributed by atoms with Crippen LogP contribution < -0.4 is 26.0 Å². The standard InChI is InChI=1S/C23H18Cl2N4O5/c1-33-18-7-8-19(28-21(18)34-2)29-22(31)15-6-4-12(9-17(15)27-23(29)32)20(30)26-11-13-3-5-14(24)10-16(13)25/h3-10H,11H2,1-2H3,(H,26,30)(H,27,32). The predicted molar refractivity (Wildman–Crippen MR) is 129 cm³/mol. The number of ether oxygens (including phenoxy) is 2. The number of rotatable bonds is 6. The molecule has 0 atom stereocenters. The van der Waals surface area contributed by atoms with Gasteiger partial charge < -0.3 is 19.8 Å². The van der Waals surface area contributed by atoms with E-state index >= 15 is 0 Å². The number of amides is 1. The van der Waals surface area contributed by atoms with Crippen molar-refractivity contribution in [2.45, 2.75) is 6.54 Å². The van der Waals surface area contributed by atoms with E-state index in [-0.39, 0.29) is 34.7 Å². The molecule has 0 saturated heterocycles. The predicted octanol–water partition coefficient (Wildman–Crippen LogP) is 3.33. The topological polar surface area (TPSA) is 115 Å². The number of nitrogens with one attached hydrogen (secondary N) is 2. The first kappa shape index (κ1) is 23.3. The largest absolute Gasteiger partial charge is 0.491 e. The molecule has 0 bridgehead atoms. The summed E-state index contributed by atoms with van der Waals surface area (Å²) in [7, 11) is 2.85. The van der Waals surface area contributed by atoms with Gasteiger partial charge in [0.1, 0.15) is 5.82 Å². The average Bonchev–Trinajstić information content (AvgIpc) is 2.82. The average molecular weight is 501 g/mol. The Morgan fingerprint density at radius 2 is 1.85 bits per heavy atom. The molecule has 2 aromatic carbocycles. The number of hydrogen-bond donors (Lipinski definition) is 2. The molecule has 2 aromatic heterocycles. The van der Waals surface area contributed by atoms with Crippen molar-refractivity contribution in [3.63, 3.8) is 0 Å².